The number of carbonyl (C=O) groups is 1. The van der Waals surface area contributed by atoms with Gasteiger partial charge in [-0.1, -0.05) is 0 Å². The molecule has 1 radical (unpaired) electrons. The molecule has 2 nitrogen and oxygen atoms in total. The van der Waals surface area contributed by atoms with Crippen LogP contribution in [0.3, 0.4) is 0 Å². The van der Waals surface area contributed by atoms with Crippen molar-refractivity contribution >= 4 is 5.97 Å². The Morgan fingerprint density at radius 3 is 1.57 bits per heavy atom. The van der Waals surface area contributed by atoms with Gasteiger partial charge in [0.2, 0.25) is 0 Å². The Hall–Kier alpha value is 0.963. The third-order valence-corrected chi connectivity index (χ3v) is 0. The number of hydrogen-bond acceptors (Lipinski definition) is 2. The Labute approximate surface area is 73.2 Å². The number of aliphatic carboxylic acids is 1. The van der Waals surface area contributed by atoms with Crippen LogP contribution in [0.5, 0.6) is 0 Å². The van der Waals surface area contributed by atoms with Crippen LogP contribution < -0.4 is 22.1 Å². The molecule has 0 fully saturated rings. The first-order valence-corrected chi connectivity index (χ1v) is 0.908. The van der Waals surface area contributed by atoms with E-state index in [2.05, 4.69) is 0 Å². The number of rotatable bonds is 0. The van der Waals surface area contributed by atoms with Gasteiger partial charge in [-0.05, 0) is 6.92 Å². The molecule has 0 amide bonds. The molecule has 0 rings (SSSR count). The van der Waals surface area contributed by atoms with Crippen LogP contribution >= 0.6 is 0 Å². The minimum atomic E-state index is -1.08. The number of carboxylic acid groups (broad SMARTS) is 1. The van der Waals surface area contributed by atoms with E-state index in [0.717, 1.165) is 6.92 Å². The fourth-order valence-electron chi connectivity index (χ4n) is 0. The summed E-state index contributed by atoms with van der Waals surface area (Å²) in [5, 5.41) is 8.89. The van der Waals surface area contributed by atoms with Crippen molar-refractivity contribution in [3.05, 3.63) is 0 Å². The number of hydrogen-bond donors (Lipinski definition) is 0. The maximum absolute atomic E-state index is 8.89. The fourth-order valence-corrected chi connectivity index (χ4v) is 0. The smallest absolute Gasteiger partial charge is 1.00 e. The third kappa shape index (κ3) is 185. The average Bonchev–Trinajstić information content (AvgIpc) is 0.811. The first kappa shape index (κ1) is 24.6. The number of carboxylic acids is 1. The van der Waals surface area contributed by atoms with E-state index in [-0.39, 0.29) is 50.5 Å². The van der Waals surface area contributed by atoms with Gasteiger partial charge >= 0.3 is 17.1 Å². The average molecular weight is 261 g/mol. The summed E-state index contributed by atoms with van der Waals surface area (Å²) in [5.41, 5.74) is 0. The summed E-state index contributed by atoms with van der Waals surface area (Å²) in [6.45, 7) is 0.972. The molecule has 7 heavy (non-hydrogen) atoms. The monoisotopic (exact) mass is 259 g/mol. The van der Waals surface area contributed by atoms with E-state index in [0.29, 0.717) is 0 Å². The zero-order valence-electron chi connectivity index (χ0n) is 3.31. The van der Waals surface area contributed by atoms with Gasteiger partial charge in [0.05, 0.1) is 0 Å². The van der Waals surface area contributed by atoms with Crippen LogP contribution in [0.4, 0.5) is 0 Å². The van der Waals surface area contributed by atoms with Crippen molar-refractivity contribution in [2.45, 2.75) is 6.92 Å². The quantitative estimate of drug-likeness (QED) is 0.414. The van der Waals surface area contributed by atoms with Crippen LogP contribution in [0, 0.1) is 0 Å². The summed E-state index contributed by atoms with van der Waals surface area (Å²) >= 11 is 0. The van der Waals surface area contributed by atoms with Gasteiger partial charge in [0, 0.05) is 22.5 Å². The van der Waals surface area contributed by atoms with Crippen molar-refractivity contribution in [2.24, 2.45) is 0 Å². The van der Waals surface area contributed by atoms with Crippen molar-refractivity contribution in [3.63, 3.8) is 0 Å². The second kappa shape index (κ2) is 15.8. The molecule has 0 spiro atoms. The Bertz CT molecular complexity index is 38.7. The maximum Gasteiger partial charge on any atom is 2.00 e. The predicted octanol–water partition coefficient (Wildman–Crippen LogP) is -4.24. The summed E-state index contributed by atoms with van der Waals surface area (Å²) in [6, 6.07) is 0. The molecule has 0 aromatic heterocycles. The van der Waals surface area contributed by atoms with E-state index in [1.165, 1.54) is 0 Å². The van der Waals surface area contributed by atoms with E-state index in [9.17, 15) is 0 Å². The van der Waals surface area contributed by atoms with Crippen molar-refractivity contribution in [3.8, 4) is 0 Å². The minimum Gasteiger partial charge on any atom is -1.00 e. The van der Waals surface area contributed by atoms with Crippen LogP contribution in [0.1, 0.15) is 6.92 Å². The summed E-state index contributed by atoms with van der Waals surface area (Å²) in [6.07, 6.45) is 0. The van der Waals surface area contributed by atoms with Gasteiger partial charge < -0.3 is 26.9 Å². The molecule has 0 saturated carbocycles. The standard InChI is InChI=1S/C2H4O2.BrH.Cu.Ni/c1-2(3)4;;;/h1H3,(H,3,4);1H;;/q;;+2;/p-2. The SMILES string of the molecule is CC(=O)[O-].[Br-].[Cu+2].[Ni]. The fraction of sp³-hybridized carbons (Fsp3) is 0.500. The van der Waals surface area contributed by atoms with Gasteiger partial charge in [-0.2, -0.15) is 0 Å². The van der Waals surface area contributed by atoms with Gasteiger partial charge in [-0.3, -0.25) is 0 Å². The van der Waals surface area contributed by atoms with E-state index in [1.54, 1.807) is 0 Å². The van der Waals surface area contributed by atoms with Crippen LogP contribution in [0.25, 0.3) is 0 Å². The zero-order valence-corrected chi connectivity index (χ0v) is 6.83. The molecule has 0 aromatic rings. The Balaban J connectivity index is -0.0000000150. The van der Waals surface area contributed by atoms with Gasteiger partial charge in [0.1, 0.15) is 0 Å². The molecular weight excluding hydrogens is 258 g/mol. The van der Waals surface area contributed by atoms with Crippen molar-refractivity contribution < 1.29 is 60.4 Å². The topological polar surface area (TPSA) is 40.1 Å². The summed E-state index contributed by atoms with van der Waals surface area (Å²) in [5.74, 6) is -1.08. The zero-order chi connectivity index (χ0) is 3.58. The first-order chi connectivity index (χ1) is 1.73. The number of carbonyl (C=O) groups excluding carboxylic acids is 1. The van der Waals surface area contributed by atoms with Crippen LogP contribution in [0.15, 0.2) is 0 Å². The van der Waals surface area contributed by atoms with Crippen molar-refractivity contribution in [1.82, 2.24) is 0 Å². The van der Waals surface area contributed by atoms with Gasteiger partial charge in [-0.25, -0.2) is 0 Å². The predicted molar refractivity (Wildman–Crippen MR) is 10.7 cm³/mol. The number of halogens is 1. The molecule has 0 heterocycles. The Morgan fingerprint density at radius 1 is 1.57 bits per heavy atom. The molecule has 51 valence electrons. The molecule has 0 N–H and O–H groups in total. The Kier molecular flexibility index (Phi) is 55.4. The summed E-state index contributed by atoms with van der Waals surface area (Å²) < 4.78 is 0. The maximum atomic E-state index is 8.89. The largest absolute Gasteiger partial charge is 2.00 e. The molecule has 0 saturated heterocycles. The van der Waals surface area contributed by atoms with Gasteiger partial charge in [-0.15, -0.1) is 0 Å². The third-order valence-electron chi connectivity index (χ3n) is 0. The first-order valence-electron chi connectivity index (χ1n) is 0.908. The molecule has 0 aromatic carbocycles. The van der Waals surface area contributed by atoms with Gasteiger partial charge in [0.25, 0.3) is 0 Å². The van der Waals surface area contributed by atoms with E-state index in [1.807, 2.05) is 0 Å². The molecule has 0 unspecified atom stereocenters. The normalized spacial score (nSPS) is 3.57. The molecule has 0 atom stereocenters. The molecule has 0 aliphatic heterocycles. The van der Waals surface area contributed by atoms with Crippen molar-refractivity contribution in [1.29, 1.82) is 0 Å². The van der Waals surface area contributed by atoms with E-state index < -0.39 is 5.97 Å². The molecular formula is C2H3BrCuNiO2. The van der Waals surface area contributed by atoms with Crippen LogP contribution in [-0.2, 0) is 38.4 Å². The van der Waals surface area contributed by atoms with Crippen molar-refractivity contribution in [2.75, 3.05) is 0 Å². The molecule has 0 aliphatic carbocycles. The van der Waals surface area contributed by atoms with Gasteiger partial charge in [0.15, 0.2) is 0 Å². The molecule has 0 aliphatic rings. The van der Waals surface area contributed by atoms with E-state index in [4.69, 9.17) is 9.90 Å². The molecule has 5 heteroatoms. The summed E-state index contributed by atoms with van der Waals surface area (Å²) in [4.78, 5) is 8.89. The van der Waals surface area contributed by atoms with Crippen LogP contribution in [-0.4, -0.2) is 5.97 Å². The second-order valence-corrected chi connectivity index (χ2v) is 0.492. The molecule has 0 bridgehead atoms. The Morgan fingerprint density at radius 2 is 1.57 bits per heavy atom. The summed E-state index contributed by atoms with van der Waals surface area (Å²) in [7, 11) is 0. The van der Waals surface area contributed by atoms with Crippen LogP contribution in [0.2, 0.25) is 0 Å². The van der Waals surface area contributed by atoms with E-state index >= 15 is 0 Å². The minimum absolute atomic E-state index is 0. The second-order valence-electron chi connectivity index (χ2n) is 0.492.